The lowest BCUT2D eigenvalue weighted by atomic mass is 9.94. The van der Waals surface area contributed by atoms with E-state index in [1.54, 1.807) is 4.68 Å². The quantitative estimate of drug-likeness (QED) is 0.156. The molecule has 0 radical (unpaired) electrons. The number of anilines is 2. The fourth-order valence-corrected chi connectivity index (χ4v) is 6.14. The number of carbonyl (C=O) groups excluding carboxylic acids is 1. The average molecular weight is 669 g/mol. The number of fused-ring (bicyclic) bond motifs is 1. The van der Waals surface area contributed by atoms with Crippen LogP contribution in [0.2, 0.25) is 5.02 Å². The Kier molecular flexibility index (Phi) is 9.76. The van der Waals surface area contributed by atoms with Crippen molar-refractivity contribution in [3.05, 3.63) is 98.6 Å². The predicted molar refractivity (Wildman–Crippen MR) is 172 cm³/mol. The molecule has 2 heterocycles. The Bertz CT molecular complexity index is 1630. The molecule has 8 nitrogen and oxygen atoms in total. The second kappa shape index (κ2) is 13.7. The number of aromatic nitrogens is 3. The van der Waals surface area contributed by atoms with E-state index in [9.17, 15) is 4.79 Å². The number of rotatable bonds is 11. The molecule has 1 aliphatic rings. The molecule has 0 spiro atoms. The summed E-state index contributed by atoms with van der Waals surface area (Å²) in [6.45, 7) is 6.85. The van der Waals surface area contributed by atoms with Crippen molar-refractivity contribution in [2.75, 3.05) is 23.8 Å². The largest absolute Gasteiger partial charge is 0.493 e. The molecule has 2 N–H and O–H groups in total. The maximum atomic E-state index is 14.1. The Morgan fingerprint density at radius 3 is 2.67 bits per heavy atom. The predicted octanol–water partition coefficient (Wildman–Crippen LogP) is 8.10. The highest BCUT2D eigenvalue weighted by Gasteiger charge is 2.36. The first-order valence-corrected chi connectivity index (χ1v) is 15.8. The number of nitrogens with one attached hydrogen (secondary N) is 2. The number of allylic oxidation sites excluding steroid dienone is 1. The molecule has 0 bridgehead atoms. The van der Waals surface area contributed by atoms with Gasteiger partial charge in [0.15, 0.2) is 0 Å². The number of amides is 1. The number of ether oxygens (including phenoxy) is 2. The van der Waals surface area contributed by atoms with Gasteiger partial charge in [-0.05, 0) is 62.2 Å². The van der Waals surface area contributed by atoms with Crippen molar-refractivity contribution >= 4 is 56.8 Å². The van der Waals surface area contributed by atoms with Gasteiger partial charge in [-0.1, -0.05) is 76.5 Å². The van der Waals surface area contributed by atoms with E-state index in [0.29, 0.717) is 63.6 Å². The standard InChI is InChI=1S/C31H31BrClN5O3S/c1-4-16-41-25-15-14-21(32)17-22(25)28-27(29(39)35-24-12-8-9-13-26(24)40-5-2)19(3)34-30-36-31(37-38(28)30)42-18-20-10-6-7-11-23(20)33/h6-15,17,28H,4-5,16,18H2,1-3H3,(H,35,39)(H,34,36,37). The molecule has 1 aromatic heterocycles. The summed E-state index contributed by atoms with van der Waals surface area (Å²) in [5.41, 5.74) is 3.51. The first-order valence-electron chi connectivity index (χ1n) is 13.7. The van der Waals surface area contributed by atoms with Gasteiger partial charge in [0.05, 0.1) is 24.5 Å². The van der Waals surface area contributed by atoms with Crippen LogP contribution < -0.4 is 20.1 Å². The molecule has 0 fully saturated rings. The summed E-state index contributed by atoms with van der Waals surface area (Å²) in [6, 6.07) is 20.3. The Morgan fingerprint density at radius 1 is 1.10 bits per heavy atom. The van der Waals surface area contributed by atoms with Crippen LogP contribution in [0.4, 0.5) is 11.6 Å². The van der Waals surface area contributed by atoms with Crippen molar-refractivity contribution in [2.24, 2.45) is 0 Å². The lowest BCUT2D eigenvalue weighted by Gasteiger charge is -2.30. The van der Waals surface area contributed by atoms with Gasteiger partial charge >= 0.3 is 0 Å². The topological polar surface area (TPSA) is 90.3 Å². The zero-order valence-electron chi connectivity index (χ0n) is 23.5. The molecule has 0 saturated carbocycles. The van der Waals surface area contributed by atoms with E-state index in [4.69, 9.17) is 31.2 Å². The molecule has 218 valence electrons. The van der Waals surface area contributed by atoms with Crippen molar-refractivity contribution in [2.45, 2.75) is 44.1 Å². The van der Waals surface area contributed by atoms with Crippen LogP contribution in [-0.2, 0) is 10.5 Å². The number of carbonyl (C=O) groups is 1. The van der Waals surface area contributed by atoms with E-state index in [1.165, 1.54) is 11.8 Å². The minimum atomic E-state index is -0.618. The van der Waals surface area contributed by atoms with Crippen LogP contribution in [0.3, 0.4) is 0 Å². The second-order valence-corrected chi connectivity index (χ2v) is 11.8. The van der Waals surface area contributed by atoms with Crippen LogP contribution >= 0.6 is 39.3 Å². The number of hydrogen-bond donors (Lipinski definition) is 2. The maximum absolute atomic E-state index is 14.1. The molecule has 0 aliphatic carbocycles. The van der Waals surface area contributed by atoms with Crippen LogP contribution in [0.5, 0.6) is 11.5 Å². The molecule has 1 aliphatic heterocycles. The van der Waals surface area contributed by atoms with Crippen LogP contribution in [0.1, 0.15) is 44.4 Å². The van der Waals surface area contributed by atoms with Crippen LogP contribution in [0.25, 0.3) is 0 Å². The van der Waals surface area contributed by atoms with Gasteiger partial charge in [-0.15, -0.1) is 5.10 Å². The first-order chi connectivity index (χ1) is 20.4. The van der Waals surface area contributed by atoms with E-state index in [0.717, 1.165) is 22.0 Å². The third kappa shape index (κ3) is 6.61. The highest BCUT2D eigenvalue weighted by atomic mass is 79.9. The minimum absolute atomic E-state index is 0.287. The van der Waals surface area contributed by atoms with Gasteiger partial charge in [0.1, 0.15) is 17.5 Å². The summed E-state index contributed by atoms with van der Waals surface area (Å²) < 4.78 is 14.5. The molecule has 1 atom stereocenters. The molecule has 5 rings (SSSR count). The summed E-state index contributed by atoms with van der Waals surface area (Å²) in [5.74, 6) is 2.12. The van der Waals surface area contributed by atoms with Crippen molar-refractivity contribution in [1.82, 2.24) is 14.8 Å². The third-order valence-corrected chi connectivity index (χ3v) is 8.30. The van der Waals surface area contributed by atoms with Crippen LogP contribution in [-0.4, -0.2) is 33.9 Å². The van der Waals surface area contributed by atoms with Gasteiger partial charge in [-0.25, -0.2) is 4.68 Å². The van der Waals surface area contributed by atoms with Gasteiger partial charge in [-0.2, -0.15) is 4.98 Å². The molecule has 3 aromatic carbocycles. The van der Waals surface area contributed by atoms with E-state index in [2.05, 4.69) is 33.5 Å². The fraction of sp³-hybridized carbons (Fsp3) is 0.258. The van der Waals surface area contributed by atoms with Gasteiger partial charge in [0, 0.05) is 26.5 Å². The normalized spacial score (nSPS) is 14.3. The third-order valence-electron chi connectivity index (χ3n) is 6.56. The average Bonchev–Trinajstić information content (AvgIpc) is 3.38. The van der Waals surface area contributed by atoms with Crippen LogP contribution in [0, 0.1) is 0 Å². The SMILES string of the molecule is CCCOc1ccc(Br)cc1C1C(C(=O)Nc2ccccc2OCC)=C(C)Nc2nc(SCc3ccccc3Cl)nn21. The Balaban J connectivity index is 1.56. The van der Waals surface area contributed by atoms with E-state index >= 15 is 0 Å². The highest BCUT2D eigenvalue weighted by Crippen LogP contribution is 2.42. The van der Waals surface area contributed by atoms with E-state index in [1.807, 2.05) is 80.6 Å². The van der Waals surface area contributed by atoms with Crippen molar-refractivity contribution in [3.8, 4) is 11.5 Å². The van der Waals surface area contributed by atoms with Crippen molar-refractivity contribution < 1.29 is 14.3 Å². The Hall–Kier alpha value is -3.47. The monoisotopic (exact) mass is 667 g/mol. The minimum Gasteiger partial charge on any atom is -0.493 e. The zero-order valence-corrected chi connectivity index (χ0v) is 26.6. The lowest BCUT2D eigenvalue weighted by molar-refractivity contribution is -0.113. The van der Waals surface area contributed by atoms with Crippen LogP contribution in [0.15, 0.2) is 87.6 Å². The summed E-state index contributed by atoms with van der Waals surface area (Å²) >= 11 is 11.5. The second-order valence-electron chi connectivity index (χ2n) is 9.52. The molecular formula is C31H31BrClN5O3S. The lowest BCUT2D eigenvalue weighted by Crippen LogP contribution is -2.32. The first kappa shape index (κ1) is 30.0. The Labute approximate surface area is 263 Å². The number of para-hydroxylation sites is 2. The van der Waals surface area contributed by atoms with Gasteiger partial charge in [0.2, 0.25) is 11.1 Å². The van der Waals surface area contributed by atoms with Gasteiger partial charge in [0.25, 0.3) is 5.91 Å². The van der Waals surface area contributed by atoms with E-state index < -0.39 is 6.04 Å². The molecule has 42 heavy (non-hydrogen) atoms. The summed E-state index contributed by atoms with van der Waals surface area (Å²) in [4.78, 5) is 18.9. The smallest absolute Gasteiger partial charge is 0.255 e. The number of thioether (sulfide) groups is 1. The Morgan fingerprint density at radius 2 is 1.88 bits per heavy atom. The highest BCUT2D eigenvalue weighted by molar-refractivity contribution is 9.10. The summed E-state index contributed by atoms with van der Waals surface area (Å²) in [7, 11) is 0. The zero-order chi connectivity index (χ0) is 29.6. The molecule has 1 amide bonds. The van der Waals surface area contributed by atoms with Crippen molar-refractivity contribution in [3.63, 3.8) is 0 Å². The maximum Gasteiger partial charge on any atom is 0.255 e. The number of nitrogens with zero attached hydrogens (tertiary/aromatic N) is 3. The van der Waals surface area contributed by atoms with Crippen molar-refractivity contribution in [1.29, 1.82) is 0 Å². The van der Waals surface area contributed by atoms with Gasteiger partial charge in [-0.3, -0.25) is 4.79 Å². The number of hydrogen-bond acceptors (Lipinski definition) is 7. The van der Waals surface area contributed by atoms with E-state index in [-0.39, 0.29) is 5.91 Å². The molecule has 4 aromatic rings. The number of halogens is 2. The molecule has 1 unspecified atom stereocenters. The molecular weight excluding hydrogens is 638 g/mol. The fourth-order valence-electron chi connectivity index (χ4n) is 4.65. The summed E-state index contributed by atoms with van der Waals surface area (Å²) in [6.07, 6.45) is 0.843. The van der Waals surface area contributed by atoms with Gasteiger partial charge < -0.3 is 20.1 Å². The number of benzene rings is 3. The summed E-state index contributed by atoms with van der Waals surface area (Å²) in [5, 5.41) is 12.5. The molecule has 0 saturated heterocycles. The molecule has 11 heteroatoms.